The molecule has 1 aromatic carbocycles. The summed E-state index contributed by atoms with van der Waals surface area (Å²) in [5, 5.41) is 2.58. The number of benzene rings is 1. The Morgan fingerprint density at radius 1 is 1.50 bits per heavy atom. The van der Waals surface area contributed by atoms with E-state index < -0.39 is 5.91 Å². The van der Waals surface area contributed by atoms with Gasteiger partial charge in [0.25, 0.3) is 5.91 Å². The molecule has 0 atom stereocenters. The molecule has 0 radical (unpaired) electrons. The number of isothiocyanates is 1. The topological polar surface area (TPSA) is 38.7 Å². The maximum atomic E-state index is 10.8. The van der Waals surface area contributed by atoms with Crippen LogP contribution in [0.5, 0.6) is 5.75 Å². The number of amides is 1. The van der Waals surface area contributed by atoms with Crippen molar-refractivity contribution in [3.05, 3.63) is 29.3 Å². The molecule has 0 bridgehead atoms. The van der Waals surface area contributed by atoms with Crippen LogP contribution >= 0.6 is 23.8 Å². The Morgan fingerprint density at radius 2 is 2.14 bits per heavy atom. The van der Waals surface area contributed by atoms with Crippen LogP contribution in [0.3, 0.4) is 0 Å². The standard InChI is InChI=1S/C9H6ClNO2S/c10-7-1-3-8(4-2-7)13-5-9(12)11-6-14/h1-4H,5H2. The van der Waals surface area contributed by atoms with E-state index in [1.165, 1.54) is 0 Å². The van der Waals surface area contributed by atoms with Crippen molar-refractivity contribution in [2.45, 2.75) is 0 Å². The number of hydrogen-bond acceptors (Lipinski definition) is 3. The molecule has 0 aliphatic carbocycles. The number of rotatable bonds is 3. The molecule has 0 unspecified atom stereocenters. The molecule has 0 heterocycles. The van der Waals surface area contributed by atoms with E-state index in [9.17, 15) is 4.79 Å². The number of thiocarbonyl (C=S) groups is 1. The summed E-state index contributed by atoms with van der Waals surface area (Å²) < 4.78 is 5.09. The Kier molecular flexibility index (Phi) is 4.26. The van der Waals surface area contributed by atoms with Gasteiger partial charge in [-0.15, -0.1) is 0 Å². The minimum atomic E-state index is -0.463. The molecule has 0 N–H and O–H groups in total. The molecule has 1 amide bonds. The van der Waals surface area contributed by atoms with Gasteiger partial charge < -0.3 is 4.74 Å². The summed E-state index contributed by atoms with van der Waals surface area (Å²) in [6.45, 7) is -0.148. The van der Waals surface area contributed by atoms with Gasteiger partial charge in [-0.3, -0.25) is 4.79 Å². The first-order valence-corrected chi connectivity index (χ1v) is 4.50. The molecular weight excluding hydrogens is 222 g/mol. The lowest BCUT2D eigenvalue weighted by atomic mass is 10.3. The quantitative estimate of drug-likeness (QED) is 0.588. The van der Waals surface area contributed by atoms with Crippen LogP contribution in [-0.2, 0) is 4.79 Å². The van der Waals surface area contributed by atoms with Gasteiger partial charge in [0, 0.05) is 5.02 Å². The van der Waals surface area contributed by atoms with E-state index in [0.29, 0.717) is 10.8 Å². The summed E-state index contributed by atoms with van der Waals surface area (Å²) in [5.74, 6) is 0.0947. The van der Waals surface area contributed by atoms with Crippen LogP contribution in [0.2, 0.25) is 5.02 Å². The predicted molar refractivity (Wildman–Crippen MR) is 57.0 cm³/mol. The van der Waals surface area contributed by atoms with Gasteiger partial charge >= 0.3 is 0 Å². The smallest absolute Gasteiger partial charge is 0.292 e. The molecule has 0 aliphatic heterocycles. The summed E-state index contributed by atoms with van der Waals surface area (Å²) in [6, 6.07) is 6.67. The Morgan fingerprint density at radius 3 is 2.71 bits per heavy atom. The Balaban J connectivity index is 2.49. The van der Waals surface area contributed by atoms with Gasteiger partial charge in [0.2, 0.25) is 0 Å². The molecule has 0 saturated heterocycles. The molecule has 5 heteroatoms. The summed E-state index contributed by atoms with van der Waals surface area (Å²) in [6.07, 6.45) is 0. The number of carbonyl (C=O) groups is 1. The predicted octanol–water partition coefficient (Wildman–Crippen LogP) is 2.35. The van der Waals surface area contributed by atoms with Crippen molar-refractivity contribution in [1.29, 1.82) is 0 Å². The minimum Gasteiger partial charge on any atom is -0.484 e. The lowest BCUT2D eigenvalue weighted by molar-refractivity contribution is -0.119. The number of nitrogens with zero attached hydrogens (tertiary/aromatic N) is 1. The van der Waals surface area contributed by atoms with Gasteiger partial charge in [0.15, 0.2) is 6.61 Å². The van der Waals surface area contributed by atoms with Gasteiger partial charge in [-0.25, -0.2) is 0 Å². The van der Waals surface area contributed by atoms with Gasteiger partial charge in [-0.1, -0.05) is 11.6 Å². The van der Waals surface area contributed by atoms with Crippen LogP contribution in [0.1, 0.15) is 0 Å². The van der Waals surface area contributed by atoms with Gasteiger partial charge in [0.1, 0.15) is 5.75 Å². The van der Waals surface area contributed by atoms with E-state index in [0.717, 1.165) is 0 Å². The van der Waals surface area contributed by atoms with Crippen LogP contribution in [0.25, 0.3) is 0 Å². The number of carbonyl (C=O) groups excluding carboxylic acids is 1. The van der Waals surface area contributed by atoms with E-state index in [1.807, 2.05) is 5.16 Å². The zero-order valence-electron chi connectivity index (χ0n) is 7.07. The van der Waals surface area contributed by atoms with Crippen molar-refractivity contribution in [2.75, 3.05) is 6.61 Å². The first kappa shape index (κ1) is 10.9. The second kappa shape index (κ2) is 5.50. The number of ether oxygens (including phenoxy) is 1. The van der Waals surface area contributed by atoms with Crippen molar-refractivity contribution < 1.29 is 9.53 Å². The van der Waals surface area contributed by atoms with E-state index in [4.69, 9.17) is 16.3 Å². The van der Waals surface area contributed by atoms with Gasteiger partial charge in [-0.2, -0.15) is 4.99 Å². The molecule has 3 nitrogen and oxygen atoms in total. The minimum absolute atomic E-state index is 0.148. The normalized spacial score (nSPS) is 8.93. The molecule has 0 fully saturated rings. The summed E-state index contributed by atoms with van der Waals surface area (Å²) >= 11 is 9.93. The van der Waals surface area contributed by atoms with Crippen LogP contribution in [0.15, 0.2) is 29.3 Å². The number of aliphatic imine (C=N–C) groups is 1. The largest absolute Gasteiger partial charge is 0.484 e. The van der Waals surface area contributed by atoms with Crippen molar-refractivity contribution in [2.24, 2.45) is 4.99 Å². The first-order chi connectivity index (χ1) is 6.72. The van der Waals surface area contributed by atoms with E-state index in [2.05, 4.69) is 17.2 Å². The Bertz CT molecular complexity index is 371. The number of hydrogen-bond donors (Lipinski definition) is 0. The summed E-state index contributed by atoms with van der Waals surface area (Å²) in [4.78, 5) is 14.1. The third-order valence-corrected chi connectivity index (χ3v) is 1.69. The van der Waals surface area contributed by atoms with Crippen molar-refractivity contribution in [3.8, 4) is 5.75 Å². The van der Waals surface area contributed by atoms with Crippen LogP contribution in [0.4, 0.5) is 0 Å². The van der Waals surface area contributed by atoms with Crippen LogP contribution < -0.4 is 4.74 Å². The fraction of sp³-hybridized carbons (Fsp3) is 0.111. The fourth-order valence-electron chi connectivity index (χ4n) is 0.759. The molecule has 0 aliphatic rings. The average molecular weight is 228 g/mol. The summed E-state index contributed by atoms with van der Waals surface area (Å²) in [7, 11) is 0. The van der Waals surface area contributed by atoms with Crippen molar-refractivity contribution in [3.63, 3.8) is 0 Å². The molecule has 1 rings (SSSR count). The number of halogens is 1. The van der Waals surface area contributed by atoms with Crippen LogP contribution in [0, 0.1) is 0 Å². The molecule has 1 aromatic rings. The second-order valence-corrected chi connectivity index (χ2v) is 2.96. The highest BCUT2D eigenvalue weighted by Crippen LogP contribution is 2.15. The second-order valence-electron chi connectivity index (χ2n) is 2.34. The first-order valence-electron chi connectivity index (χ1n) is 3.71. The highest BCUT2D eigenvalue weighted by atomic mass is 35.5. The SMILES string of the molecule is O=C(COc1ccc(Cl)cc1)N=C=S. The summed E-state index contributed by atoms with van der Waals surface area (Å²) in [5.41, 5.74) is 0. The highest BCUT2D eigenvalue weighted by molar-refractivity contribution is 7.78. The third-order valence-electron chi connectivity index (χ3n) is 1.35. The maximum Gasteiger partial charge on any atom is 0.292 e. The van der Waals surface area contributed by atoms with Crippen molar-refractivity contribution >= 4 is 34.9 Å². The zero-order valence-corrected chi connectivity index (χ0v) is 8.64. The van der Waals surface area contributed by atoms with E-state index >= 15 is 0 Å². The molecule has 0 aromatic heterocycles. The van der Waals surface area contributed by atoms with Gasteiger partial charge in [-0.05, 0) is 36.5 Å². The van der Waals surface area contributed by atoms with Crippen LogP contribution in [-0.4, -0.2) is 17.7 Å². The Hall–Kier alpha value is -1.22. The molecule has 0 spiro atoms. The zero-order chi connectivity index (χ0) is 10.4. The molecule has 0 saturated carbocycles. The maximum absolute atomic E-state index is 10.8. The van der Waals surface area contributed by atoms with E-state index in [-0.39, 0.29) is 6.61 Å². The lowest BCUT2D eigenvalue weighted by Crippen LogP contribution is -2.07. The van der Waals surface area contributed by atoms with Crippen molar-refractivity contribution in [1.82, 2.24) is 0 Å². The van der Waals surface area contributed by atoms with Gasteiger partial charge in [0.05, 0.1) is 5.16 Å². The fourth-order valence-corrected chi connectivity index (χ4v) is 0.987. The Labute approximate surface area is 91.4 Å². The third kappa shape index (κ3) is 3.66. The molecule has 14 heavy (non-hydrogen) atoms. The monoisotopic (exact) mass is 227 g/mol. The molecule has 72 valence electrons. The lowest BCUT2D eigenvalue weighted by Gasteiger charge is -2.01. The highest BCUT2D eigenvalue weighted by Gasteiger charge is 1.99. The van der Waals surface area contributed by atoms with E-state index in [1.54, 1.807) is 24.3 Å². The molecular formula is C9H6ClNO2S. The average Bonchev–Trinajstić information content (AvgIpc) is 2.17.